The van der Waals surface area contributed by atoms with Crippen molar-refractivity contribution in [3.8, 4) is 11.5 Å². The van der Waals surface area contributed by atoms with E-state index >= 15 is 0 Å². The van der Waals surface area contributed by atoms with Crippen molar-refractivity contribution in [1.82, 2.24) is 4.90 Å². The number of benzene rings is 1. The second-order valence-electron chi connectivity index (χ2n) is 7.11. The van der Waals surface area contributed by atoms with Gasteiger partial charge >= 0.3 is 5.97 Å². The number of hydrogen-bond donors (Lipinski definition) is 1. The van der Waals surface area contributed by atoms with Gasteiger partial charge in [-0.1, -0.05) is 12.8 Å². The molecular weight excluding hydrogens is 364 g/mol. The summed E-state index contributed by atoms with van der Waals surface area (Å²) in [5.74, 6) is -0.433. The quantitative estimate of drug-likeness (QED) is 0.716. The monoisotopic (exact) mass is 390 g/mol. The summed E-state index contributed by atoms with van der Waals surface area (Å²) >= 11 is 0. The lowest BCUT2D eigenvalue weighted by atomic mass is 10.1. The van der Waals surface area contributed by atoms with Crippen LogP contribution in [-0.2, 0) is 19.1 Å². The van der Waals surface area contributed by atoms with Crippen molar-refractivity contribution in [2.45, 2.75) is 38.1 Å². The average Bonchev–Trinajstić information content (AvgIpc) is 3.35. The molecule has 1 saturated heterocycles. The largest absolute Gasteiger partial charge is 0.493 e. The lowest BCUT2D eigenvalue weighted by molar-refractivity contribution is -0.151. The minimum atomic E-state index is -0.503. The fraction of sp³-hybridized carbons (Fsp3) is 0.550. The molecule has 1 saturated carbocycles. The van der Waals surface area contributed by atoms with Crippen molar-refractivity contribution >= 4 is 23.5 Å². The van der Waals surface area contributed by atoms with Gasteiger partial charge in [-0.05, 0) is 25.0 Å². The molecule has 1 aliphatic heterocycles. The lowest BCUT2D eigenvalue weighted by Gasteiger charge is -2.23. The number of nitrogens with zero attached hydrogens (tertiary/aromatic N) is 1. The molecule has 1 aromatic rings. The molecule has 0 aromatic heterocycles. The highest BCUT2D eigenvalue weighted by molar-refractivity contribution is 5.94. The molecule has 0 unspecified atom stereocenters. The first-order chi connectivity index (χ1) is 13.5. The Kier molecular flexibility index (Phi) is 6.38. The van der Waals surface area contributed by atoms with E-state index in [1.165, 1.54) is 14.2 Å². The second kappa shape index (κ2) is 8.95. The zero-order chi connectivity index (χ0) is 20.1. The third-order valence-corrected chi connectivity index (χ3v) is 5.27. The number of rotatable bonds is 7. The molecule has 3 rings (SSSR count). The lowest BCUT2D eigenvalue weighted by Crippen LogP contribution is -2.35. The normalized spacial score (nSPS) is 19.6. The van der Waals surface area contributed by atoms with Gasteiger partial charge in [0, 0.05) is 30.8 Å². The van der Waals surface area contributed by atoms with Gasteiger partial charge in [-0.25, -0.2) is 0 Å². The van der Waals surface area contributed by atoms with Crippen LogP contribution < -0.4 is 14.8 Å². The summed E-state index contributed by atoms with van der Waals surface area (Å²) in [6.45, 7) is -0.0130. The Hall–Kier alpha value is -2.77. The maximum atomic E-state index is 12.3. The Labute approximate surface area is 164 Å². The third kappa shape index (κ3) is 4.55. The molecule has 28 heavy (non-hydrogen) atoms. The maximum Gasteiger partial charge on any atom is 0.311 e. The summed E-state index contributed by atoms with van der Waals surface area (Å²) in [4.78, 5) is 38.4. The Bertz CT molecular complexity index is 744. The summed E-state index contributed by atoms with van der Waals surface area (Å²) in [6.07, 6.45) is 4.41. The first-order valence-electron chi connectivity index (χ1n) is 9.49. The molecule has 152 valence electrons. The van der Waals surface area contributed by atoms with Crippen LogP contribution in [0.2, 0.25) is 0 Å². The van der Waals surface area contributed by atoms with Crippen LogP contribution in [0.1, 0.15) is 32.1 Å². The third-order valence-electron chi connectivity index (χ3n) is 5.27. The topological polar surface area (TPSA) is 94.2 Å². The van der Waals surface area contributed by atoms with E-state index in [9.17, 15) is 14.4 Å². The molecule has 1 N–H and O–H groups in total. The molecule has 8 heteroatoms. The van der Waals surface area contributed by atoms with E-state index in [0.717, 1.165) is 25.7 Å². The van der Waals surface area contributed by atoms with Gasteiger partial charge in [-0.3, -0.25) is 14.4 Å². The van der Waals surface area contributed by atoms with E-state index in [-0.39, 0.29) is 18.4 Å². The Morgan fingerprint density at radius 1 is 1.14 bits per heavy atom. The fourth-order valence-corrected chi connectivity index (χ4v) is 3.82. The highest BCUT2D eigenvalue weighted by Gasteiger charge is 2.39. The SMILES string of the molecule is COc1ccc(NC(=O)COC(=O)[C@H]2CC(=O)N(C3CCCC3)C2)cc1OC. The highest BCUT2D eigenvalue weighted by Crippen LogP contribution is 2.31. The van der Waals surface area contributed by atoms with Gasteiger partial charge in [0.15, 0.2) is 18.1 Å². The summed E-state index contributed by atoms with van der Waals surface area (Å²) in [5.41, 5.74) is 0.502. The van der Waals surface area contributed by atoms with Crippen molar-refractivity contribution < 1.29 is 28.6 Å². The Morgan fingerprint density at radius 3 is 2.54 bits per heavy atom. The number of methoxy groups -OCH3 is 2. The average molecular weight is 390 g/mol. The highest BCUT2D eigenvalue weighted by atomic mass is 16.5. The molecular formula is C20H26N2O6. The predicted molar refractivity (Wildman–Crippen MR) is 101 cm³/mol. The molecule has 1 aromatic carbocycles. The molecule has 1 heterocycles. The van der Waals surface area contributed by atoms with Crippen LogP contribution in [0.5, 0.6) is 11.5 Å². The van der Waals surface area contributed by atoms with Crippen molar-refractivity contribution in [3.63, 3.8) is 0 Å². The van der Waals surface area contributed by atoms with Crippen molar-refractivity contribution in [2.75, 3.05) is 32.7 Å². The van der Waals surface area contributed by atoms with Crippen LogP contribution in [0.15, 0.2) is 18.2 Å². The standard InChI is InChI=1S/C20H26N2O6/c1-26-16-8-7-14(10-17(16)27-2)21-18(23)12-28-20(25)13-9-19(24)22(11-13)15-5-3-4-6-15/h7-8,10,13,15H,3-6,9,11-12H2,1-2H3,(H,21,23)/t13-/m0/s1. The number of esters is 1. The molecule has 0 radical (unpaired) electrons. The minimum absolute atomic E-state index is 0.00336. The number of ether oxygens (including phenoxy) is 3. The van der Waals surface area contributed by atoms with Crippen LogP contribution in [-0.4, -0.2) is 56.1 Å². The molecule has 8 nitrogen and oxygen atoms in total. The van der Waals surface area contributed by atoms with Gasteiger partial charge in [0.25, 0.3) is 5.91 Å². The van der Waals surface area contributed by atoms with Crippen molar-refractivity contribution in [1.29, 1.82) is 0 Å². The number of hydrogen-bond acceptors (Lipinski definition) is 6. The van der Waals surface area contributed by atoms with Crippen LogP contribution in [0.3, 0.4) is 0 Å². The van der Waals surface area contributed by atoms with Crippen molar-refractivity contribution in [3.05, 3.63) is 18.2 Å². The van der Waals surface area contributed by atoms with E-state index in [0.29, 0.717) is 23.7 Å². The van der Waals surface area contributed by atoms with Crippen LogP contribution in [0, 0.1) is 5.92 Å². The first-order valence-corrected chi connectivity index (χ1v) is 9.49. The number of likely N-dealkylation sites (tertiary alicyclic amines) is 1. The van der Waals surface area contributed by atoms with E-state index in [4.69, 9.17) is 14.2 Å². The number of amides is 2. The van der Waals surface area contributed by atoms with Gasteiger partial charge in [-0.2, -0.15) is 0 Å². The molecule has 2 fully saturated rings. The molecule has 1 aliphatic carbocycles. The number of carbonyl (C=O) groups excluding carboxylic acids is 3. The molecule has 2 aliphatic rings. The van der Waals surface area contributed by atoms with Gasteiger partial charge in [0.05, 0.1) is 20.1 Å². The molecule has 0 spiro atoms. The second-order valence-corrected chi connectivity index (χ2v) is 7.11. The summed E-state index contributed by atoms with van der Waals surface area (Å²) in [7, 11) is 3.03. The summed E-state index contributed by atoms with van der Waals surface area (Å²) in [6, 6.07) is 5.20. The zero-order valence-corrected chi connectivity index (χ0v) is 16.2. The number of anilines is 1. The maximum absolute atomic E-state index is 12.3. The number of nitrogens with one attached hydrogen (secondary N) is 1. The minimum Gasteiger partial charge on any atom is -0.493 e. The van der Waals surface area contributed by atoms with Gasteiger partial charge in [0.1, 0.15) is 0 Å². The smallest absolute Gasteiger partial charge is 0.311 e. The number of carbonyl (C=O) groups is 3. The van der Waals surface area contributed by atoms with Crippen LogP contribution in [0.4, 0.5) is 5.69 Å². The molecule has 0 bridgehead atoms. The van der Waals surface area contributed by atoms with E-state index in [1.807, 2.05) is 4.90 Å². The van der Waals surface area contributed by atoms with Gasteiger partial charge < -0.3 is 24.4 Å². The van der Waals surface area contributed by atoms with Gasteiger partial charge in [-0.15, -0.1) is 0 Å². The molecule has 2 amide bonds. The van der Waals surface area contributed by atoms with E-state index < -0.39 is 24.4 Å². The van der Waals surface area contributed by atoms with E-state index in [1.54, 1.807) is 18.2 Å². The predicted octanol–water partition coefficient (Wildman–Crippen LogP) is 1.98. The first kappa shape index (κ1) is 20.0. The Balaban J connectivity index is 1.48. The Morgan fingerprint density at radius 2 is 1.86 bits per heavy atom. The van der Waals surface area contributed by atoms with Crippen molar-refractivity contribution in [2.24, 2.45) is 5.92 Å². The summed E-state index contributed by atoms with van der Waals surface area (Å²) < 4.78 is 15.5. The zero-order valence-electron chi connectivity index (χ0n) is 16.2. The summed E-state index contributed by atoms with van der Waals surface area (Å²) in [5, 5.41) is 2.65. The molecule has 1 atom stereocenters. The van der Waals surface area contributed by atoms with Crippen LogP contribution >= 0.6 is 0 Å². The fourth-order valence-electron chi connectivity index (χ4n) is 3.82. The van der Waals surface area contributed by atoms with Crippen LogP contribution in [0.25, 0.3) is 0 Å². The van der Waals surface area contributed by atoms with Gasteiger partial charge in [0.2, 0.25) is 5.91 Å². The van der Waals surface area contributed by atoms with E-state index in [2.05, 4.69) is 5.32 Å².